The molecule has 0 heterocycles. The van der Waals surface area contributed by atoms with Crippen LogP contribution in [0.4, 0.5) is 14.5 Å². The quantitative estimate of drug-likeness (QED) is 0.482. The zero-order valence-corrected chi connectivity index (χ0v) is 12.3. The highest BCUT2D eigenvalue weighted by atomic mass is 19.3. The molecule has 11 heteroatoms. The molecule has 0 aliphatic heterocycles. The van der Waals surface area contributed by atoms with E-state index >= 15 is 0 Å². The van der Waals surface area contributed by atoms with E-state index in [1.54, 1.807) is 0 Å². The Morgan fingerprint density at radius 1 is 1.33 bits per heavy atom. The maximum absolute atomic E-state index is 13.3. The number of aliphatic hydroxyl groups is 1. The lowest BCUT2D eigenvalue weighted by Crippen LogP contribution is -2.40. The van der Waals surface area contributed by atoms with Crippen LogP contribution in [0.25, 0.3) is 20.9 Å². The fourth-order valence-corrected chi connectivity index (χ4v) is 2.51. The Morgan fingerprint density at radius 3 is 2.67 bits per heavy atom. The lowest BCUT2D eigenvalue weighted by molar-refractivity contribution is -0.00361. The monoisotopic (exact) mass is 337 g/mol. The number of hydrogen-bond donors (Lipinski definition) is 2. The average Bonchev–Trinajstić information content (AvgIpc) is 2.77. The molecule has 2 N–H and O–H groups in total. The van der Waals surface area contributed by atoms with Crippen molar-refractivity contribution in [2.45, 2.75) is 37.5 Å². The molecular formula is C13H13F2N7O2. The SMILES string of the molecule is [N-]=[N+]=NCc1cc(N=[N+]=[N-])cc(C(=O)N[C@@H]2CC(F)(F)C[C@H]2O)c1. The van der Waals surface area contributed by atoms with Crippen molar-refractivity contribution in [2.24, 2.45) is 10.2 Å². The Hall–Kier alpha value is -2.87. The van der Waals surface area contributed by atoms with Gasteiger partial charge < -0.3 is 10.4 Å². The van der Waals surface area contributed by atoms with Crippen molar-refractivity contribution < 1.29 is 18.7 Å². The zero-order chi connectivity index (χ0) is 17.7. The van der Waals surface area contributed by atoms with Crippen molar-refractivity contribution in [3.05, 3.63) is 50.2 Å². The van der Waals surface area contributed by atoms with Crippen LogP contribution in [0.1, 0.15) is 28.8 Å². The summed E-state index contributed by atoms with van der Waals surface area (Å²) in [5.74, 6) is -3.73. The molecule has 0 saturated heterocycles. The number of nitrogens with zero attached hydrogens (tertiary/aromatic N) is 6. The van der Waals surface area contributed by atoms with Gasteiger partial charge in [-0.25, -0.2) is 8.78 Å². The number of hydrogen-bond acceptors (Lipinski definition) is 4. The molecular weight excluding hydrogens is 324 g/mol. The number of carbonyl (C=O) groups is 1. The van der Waals surface area contributed by atoms with Crippen molar-refractivity contribution in [1.29, 1.82) is 0 Å². The summed E-state index contributed by atoms with van der Waals surface area (Å²) in [4.78, 5) is 17.4. The molecule has 1 saturated carbocycles. The highest BCUT2D eigenvalue weighted by Crippen LogP contribution is 2.35. The van der Waals surface area contributed by atoms with Gasteiger partial charge in [-0.1, -0.05) is 10.2 Å². The highest BCUT2D eigenvalue weighted by molar-refractivity contribution is 5.95. The smallest absolute Gasteiger partial charge is 0.252 e. The van der Waals surface area contributed by atoms with Gasteiger partial charge in [0.15, 0.2) is 0 Å². The molecule has 1 fully saturated rings. The summed E-state index contributed by atoms with van der Waals surface area (Å²) < 4.78 is 26.5. The Kier molecular flexibility index (Phi) is 5.20. The van der Waals surface area contributed by atoms with E-state index < -0.39 is 36.8 Å². The molecule has 2 atom stereocenters. The molecule has 0 unspecified atom stereocenters. The van der Waals surface area contributed by atoms with E-state index in [4.69, 9.17) is 11.1 Å². The minimum atomic E-state index is -3.03. The standard InChI is InChI=1S/C13H13F2N7O2/c14-13(15)4-10(11(23)5-13)19-12(24)8-1-7(6-18-21-16)2-9(3-8)20-22-17/h1-3,10-11,23H,4-6H2,(H,19,24)/t10-,11-/m1/s1. The largest absolute Gasteiger partial charge is 0.391 e. The molecule has 24 heavy (non-hydrogen) atoms. The van der Waals surface area contributed by atoms with Crippen LogP contribution in [0, 0.1) is 0 Å². The summed E-state index contributed by atoms with van der Waals surface area (Å²) in [5.41, 5.74) is 17.4. The van der Waals surface area contributed by atoms with Crippen LogP contribution in [0.15, 0.2) is 28.4 Å². The summed E-state index contributed by atoms with van der Waals surface area (Å²) in [6.07, 6.45) is -2.70. The third-order valence-electron chi connectivity index (χ3n) is 3.52. The molecule has 0 bridgehead atoms. The van der Waals surface area contributed by atoms with E-state index in [-0.39, 0.29) is 17.8 Å². The summed E-state index contributed by atoms with van der Waals surface area (Å²) in [5, 5.41) is 18.7. The lowest BCUT2D eigenvalue weighted by Gasteiger charge is -2.16. The van der Waals surface area contributed by atoms with E-state index in [9.17, 15) is 18.7 Å². The Balaban J connectivity index is 2.23. The van der Waals surface area contributed by atoms with Crippen LogP contribution in [0.3, 0.4) is 0 Å². The van der Waals surface area contributed by atoms with Crippen LogP contribution in [0.5, 0.6) is 0 Å². The molecule has 0 aromatic heterocycles. The number of alkyl halides is 2. The summed E-state index contributed by atoms with van der Waals surface area (Å²) in [7, 11) is 0. The van der Waals surface area contributed by atoms with E-state index in [0.29, 0.717) is 5.56 Å². The maximum atomic E-state index is 13.3. The minimum absolute atomic E-state index is 0.0467. The van der Waals surface area contributed by atoms with E-state index in [1.165, 1.54) is 18.2 Å². The van der Waals surface area contributed by atoms with Gasteiger partial charge in [-0.05, 0) is 34.8 Å². The van der Waals surface area contributed by atoms with E-state index in [0.717, 1.165) is 0 Å². The van der Waals surface area contributed by atoms with Crippen molar-refractivity contribution in [2.75, 3.05) is 0 Å². The second-order valence-corrected chi connectivity index (χ2v) is 5.38. The molecule has 1 amide bonds. The number of aliphatic hydroxyl groups excluding tert-OH is 1. The van der Waals surface area contributed by atoms with Gasteiger partial charge in [-0.2, -0.15) is 0 Å². The number of benzene rings is 1. The fraction of sp³-hybridized carbons (Fsp3) is 0.462. The molecule has 1 aromatic carbocycles. The van der Waals surface area contributed by atoms with E-state index in [2.05, 4.69) is 25.4 Å². The predicted molar refractivity (Wildman–Crippen MR) is 79.5 cm³/mol. The van der Waals surface area contributed by atoms with Gasteiger partial charge in [0.25, 0.3) is 11.8 Å². The number of amides is 1. The summed E-state index contributed by atoms with van der Waals surface area (Å²) >= 11 is 0. The van der Waals surface area contributed by atoms with Crippen molar-refractivity contribution in [1.82, 2.24) is 5.32 Å². The summed E-state index contributed by atoms with van der Waals surface area (Å²) in [6.45, 7) is -0.0737. The molecule has 126 valence electrons. The van der Waals surface area contributed by atoms with Crippen molar-refractivity contribution >= 4 is 11.6 Å². The van der Waals surface area contributed by atoms with Gasteiger partial charge >= 0.3 is 0 Å². The topological polar surface area (TPSA) is 147 Å². The van der Waals surface area contributed by atoms with Gasteiger partial charge in [0.1, 0.15) is 0 Å². The summed E-state index contributed by atoms with van der Waals surface area (Å²) in [6, 6.07) is 3.02. The first-order chi connectivity index (χ1) is 11.3. The predicted octanol–water partition coefficient (Wildman–Crippen LogP) is 3.33. The van der Waals surface area contributed by atoms with Gasteiger partial charge in [0, 0.05) is 33.9 Å². The van der Waals surface area contributed by atoms with Crippen LogP contribution in [-0.2, 0) is 6.54 Å². The van der Waals surface area contributed by atoms with Crippen LogP contribution >= 0.6 is 0 Å². The zero-order valence-electron chi connectivity index (χ0n) is 12.3. The first-order valence-corrected chi connectivity index (χ1v) is 6.91. The normalized spacial score (nSPS) is 21.5. The number of rotatable bonds is 5. The minimum Gasteiger partial charge on any atom is -0.391 e. The molecule has 1 aliphatic carbocycles. The molecule has 1 aliphatic rings. The Bertz CT molecular complexity index is 742. The van der Waals surface area contributed by atoms with Gasteiger partial charge in [0.05, 0.1) is 18.7 Å². The Labute approximate surface area is 134 Å². The van der Waals surface area contributed by atoms with Gasteiger partial charge in [-0.15, -0.1) is 0 Å². The van der Waals surface area contributed by atoms with Crippen molar-refractivity contribution in [3.8, 4) is 0 Å². The third kappa shape index (κ3) is 4.32. The molecule has 0 radical (unpaired) electrons. The second-order valence-electron chi connectivity index (χ2n) is 5.38. The Morgan fingerprint density at radius 2 is 2.08 bits per heavy atom. The molecule has 1 aromatic rings. The van der Waals surface area contributed by atoms with Gasteiger partial charge in [-0.3, -0.25) is 4.79 Å². The van der Waals surface area contributed by atoms with Crippen LogP contribution in [0.2, 0.25) is 0 Å². The molecule has 2 rings (SSSR count). The fourth-order valence-electron chi connectivity index (χ4n) is 2.51. The van der Waals surface area contributed by atoms with E-state index in [1.807, 2.05) is 0 Å². The van der Waals surface area contributed by atoms with Gasteiger partial charge in [0.2, 0.25) is 0 Å². The van der Waals surface area contributed by atoms with Crippen molar-refractivity contribution in [3.63, 3.8) is 0 Å². The molecule has 9 nitrogen and oxygen atoms in total. The second kappa shape index (κ2) is 7.14. The number of carbonyl (C=O) groups excluding carboxylic acids is 1. The van der Waals surface area contributed by atoms with Crippen LogP contribution < -0.4 is 5.32 Å². The molecule has 0 spiro atoms. The lowest BCUT2D eigenvalue weighted by atomic mass is 10.1. The first kappa shape index (κ1) is 17.5. The first-order valence-electron chi connectivity index (χ1n) is 6.91. The maximum Gasteiger partial charge on any atom is 0.252 e. The van der Waals surface area contributed by atoms with Crippen LogP contribution in [-0.4, -0.2) is 29.1 Å². The third-order valence-corrected chi connectivity index (χ3v) is 3.52. The average molecular weight is 337 g/mol. The highest BCUT2D eigenvalue weighted by Gasteiger charge is 2.46. The number of azide groups is 2. The number of halogens is 2. The number of nitrogens with one attached hydrogen (secondary N) is 1.